The van der Waals surface area contributed by atoms with Gasteiger partial charge < -0.3 is 25.2 Å². The number of β-amino-alcohol motifs (C(OH)–C–C–N with tert-alkyl or cyclic N) is 1. The van der Waals surface area contributed by atoms with Gasteiger partial charge in [0.05, 0.1) is 6.54 Å². The van der Waals surface area contributed by atoms with Gasteiger partial charge >= 0.3 is 12.1 Å². The zero-order valence-corrected chi connectivity index (χ0v) is 18.7. The second-order valence-corrected chi connectivity index (χ2v) is 9.04. The average Bonchev–Trinajstić information content (AvgIpc) is 3.35. The standard InChI is InChI=1S/C25H28N2O6/c1-15(2)21(22(28)27-12-11-25(32,14-27)23(29)30)26-24(31)33-13-20-18-9-5-3-7-16(18)17-8-4-6-10-19(17)20/h3-10,15,20-21,32H,11-14H2,1-2H3,(H,26,31)(H,29,30). The van der Waals surface area contributed by atoms with E-state index in [1.807, 2.05) is 36.4 Å². The lowest BCUT2D eigenvalue weighted by atomic mass is 9.98. The number of hydrogen-bond acceptors (Lipinski definition) is 5. The van der Waals surface area contributed by atoms with Gasteiger partial charge in [0.25, 0.3) is 0 Å². The van der Waals surface area contributed by atoms with E-state index in [0.717, 1.165) is 22.3 Å². The lowest BCUT2D eigenvalue weighted by molar-refractivity contribution is -0.157. The van der Waals surface area contributed by atoms with Crippen LogP contribution in [0.4, 0.5) is 4.79 Å². The molecule has 8 nitrogen and oxygen atoms in total. The zero-order valence-electron chi connectivity index (χ0n) is 18.7. The first kappa shape index (κ1) is 22.8. The van der Waals surface area contributed by atoms with Crippen LogP contribution in [0.1, 0.15) is 37.3 Å². The van der Waals surface area contributed by atoms with Crippen molar-refractivity contribution in [2.45, 2.75) is 37.8 Å². The van der Waals surface area contributed by atoms with E-state index in [1.54, 1.807) is 13.8 Å². The van der Waals surface area contributed by atoms with E-state index in [1.165, 1.54) is 4.90 Å². The number of fused-ring (bicyclic) bond motifs is 3. The number of amides is 2. The predicted octanol–water partition coefficient (Wildman–Crippen LogP) is 2.60. The summed E-state index contributed by atoms with van der Waals surface area (Å²) >= 11 is 0. The second-order valence-electron chi connectivity index (χ2n) is 9.04. The Balaban J connectivity index is 1.42. The van der Waals surface area contributed by atoms with Crippen LogP contribution in [0.3, 0.4) is 0 Å². The summed E-state index contributed by atoms with van der Waals surface area (Å²) in [6, 6.07) is 15.1. The molecule has 33 heavy (non-hydrogen) atoms. The molecule has 0 radical (unpaired) electrons. The molecule has 0 aromatic heterocycles. The normalized spacial score (nSPS) is 20.3. The van der Waals surface area contributed by atoms with Crippen LogP contribution in [-0.4, -0.2) is 64.4 Å². The van der Waals surface area contributed by atoms with Crippen molar-refractivity contribution in [3.8, 4) is 11.1 Å². The number of rotatable bonds is 6. The molecule has 1 aliphatic heterocycles. The van der Waals surface area contributed by atoms with Gasteiger partial charge in [0.2, 0.25) is 5.91 Å². The number of likely N-dealkylation sites (tertiary alicyclic amines) is 1. The number of ether oxygens (including phenoxy) is 1. The van der Waals surface area contributed by atoms with Crippen LogP contribution in [0, 0.1) is 5.92 Å². The van der Waals surface area contributed by atoms with E-state index in [-0.39, 0.29) is 38.0 Å². The highest BCUT2D eigenvalue weighted by molar-refractivity contribution is 5.88. The number of carbonyl (C=O) groups is 3. The molecule has 0 saturated carbocycles. The van der Waals surface area contributed by atoms with E-state index < -0.39 is 29.6 Å². The molecule has 1 fully saturated rings. The molecule has 1 aliphatic carbocycles. The Morgan fingerprint density at radius 3 is 2.18 bits per heavy atom. The Morgan fingerprint density at radius 1 is 1.09 bits per heavy atom. The molecular weight excluding hydrogens is 424 g/mol. The van der Waals surface area contributed by atoms with Crippen LogP contribution in [0.2, 0.25) is 0 Å². The summed E-state index contributed by atoms with van der Waals surface area (Å²) in [6.07, 6.45) is -0.763. The lowest BCUT2D eigenvalue weighted by Gasteiger charge is -2.27. The fourth-order valence-electron chi connectivity index (χ4n) is 4.63. The van der Waals surface area contributed by atoms with Gasteiger partial charge in [-0.1, -0.05) is 62.4 Å². The van der Waals surface area contributed by atoms with Gasteiger partial charge in [-0.15, -0.1) is 0 Å². The minimum atomic E-state index is -1.96. The summed E-state index contributed by atoms with van der Waals surface area (Å²) in [5.41, 5.74) is 2.47. The molecule has 2 unspecified atom stereocenters. The summed E-state index contributed by atoms with van der Waals surface area (Å²) in [6.45, 7) is 3.49. The number of hydrogen-bond donors (Lipinski definition) is 3. The van der Waals surface area contributed by atoms with Gasteiger partial charge in [0.1, 0.15) is 12.6 Å². The molecule has 174 valence electrons. The third kappa shape index (κ3) is 4.30. The average molecular weight is 453 g/mol. The highest BCUT2D eigenvalue weighted by Crippen LogP contribution is 2.44. The topological polar surface area (TPSA) is 116 Å². The van der Waals surface area contributed by atoms with Crippen LogP contribution in [0.5, 0.6) is 0 Å². The van der Waals surface area contributed by atoms with Crippen molar-refractivity contribution in [2.75, 3.05) is 19.7 Å². The maximum absolute atomic E-state index is 13.0. The van der Waals surface area contributed by atoms with Crippen molar-refractivity contribution in [3.05, 3.63) is 59.7 Å². The third-order valence-electron chi connectivity index (χ3n) is 6.51. The predicted molar refractivity (Wildman–Crippen MR) is 121 cm³/mol. The first-order chi connectivity index (χ1) is 15.7. The van der Waals surface area contributed by atoms with Gasteiger partial charge in [-0.05, 0) is 28.2 Å². The summed E-state index contributed by atoms with van der Waals surface area (Å²) in [7, 11) is 0. The number of alkyl carbamates (subject to hydrolysis) is 1. The van der Waals surface area contributed by atoms with Crippen molar-refractivity contribution < 1.29 is 29.3 Å². The smallest absolute Gasteiger partial charge is 0.407 e. The maximum atomic E-state index is 13.0. The van der Waals surface area contributed by atoms with Crippen molar-refractivity contribution >= 4 is 18.0 Å². The van der Waals surface area contributed by atoms with E-state index >= 15 is 0 Å². The number of nitrogens with one attached hydrogen (secondary N) is 1. The molecule has 3 N–H and O–H groups in total. The Bertz CT molecular complexity index is 1040. The molecule has 4 rings (SSSR count). The Hall–Kier alpha value is -3.39. The number of benzene rings is 2. The molecular formula is C25H28N2O6. The highest BCUT2D eigenvalue weighted by atomic mass is 16.5. The van der Waals surface area contributed by atoms with Crippen LogP contribution >= 0.6 is 0 Å². The Kier molecular flexibility index (Phi) is 6.12. The van der Waals surface area contributed by atoms with Crippen molar-refractivity contribution in [1.82, 2.24) is 10.2 Å². The number of aliphatic hydroxyl groups is 1. The first-order valence-electron chi connectivity index (χ1n) is 11.1. The molecule has 0 bridgehead atoms. The van der Waals surface area contributed by atoms with Gasteiger partial charge in [0, 0.05) is 18.9 Å². The number of aliphatic carboxylic acids is 1. The van der Waals surface area contributed by atoms with Gasteiger partial charge in [-0.2, -0.15) is 0 Å². The fourth-order valence-corrected chi connectivity index (χ4v) is 4.63. The Morgan fingerprint density at radius 2 is 1.67 bits per heavy atom. The Labute approximate surface area is 192 Å². The molecule has 8 heteroatoms. The monoisotopic (exact) mass is 452 g/mol. The molecule has 1 heterocycles. The summed E-state index contributed by atoms with van der Waals surface area (Å²) < 4.78 is 5.55. The van der Waals surface area contributed by atoms with Crippen LogP contribution in [0.15, 0.2) is 48.5 Å². The molecule has 2 atom stereocenters. The van der Waals surface area contributed by atoms with Gasteiger partial charge in [-0.3, -0.25) is 4.79 Å². The summed E-state index contributed by atoms with van der Waals surface area (Å²) in [5, 5.41) is 22.0. The van der Waals surface area contributed by atoms with Crippen molar-refractivity contribution in [3.63, 3.8) is 0 Å². The first-order valence-corrected chi connectivity index (χ1v) is 11.1. The SMILES string of the molecule is CC(C)C(NC(=O)OCC1c2ccccc2-c2ccccc21)C(=O)N1CCC(O)(C(=O)O)C1. The van der Waals surface area contributed by atoms with Crippen molar-refractivity contribution in [1.29, 1.82) is 0 Å². The second kappa shape index (κ2) is 8.86. The van der Waals surface area contributed by atoms with E-state index in [4.69, 9.17) is 4.74 Å². The highest BCUT2D eigenvalue weighted by Gasteiger charge is 2.46. The van der Waals surface area contributed by atoms with E-state index in [0.29, 0.717) is 0 Å². The largest absolute Gasteiger partial charge is 0.479 e. The summed E-state index contributed by atoms with van der Waals surface area (Å²) in [4.78, 5) is 38.2. The van der Waals surface area contributed by atoms with Crippen LogP contribution < -0.4 is 5.32 Å². The molecule has 1 saturated heterocycles. The lowest BCUT2D eigenvalue weighted by Crippen LogP contribution is -2.52. The fraction of sp³-hybridized carbons (Fsp3) is 0.400. The van der Waals surface area contributed by atoms with Crippen molar-refractivity contribution in [2.24, 2.45) is 5.92 Å². The number of carboxylic acid groups (broad SMARTS) is 1. The maximum Gasteiger partial charge on any atom is 0.407 e. The molecule has 2 aliphatic rings. The number of nitrogens with zero attached hydrogens (tertiary/aromatic N) is 1. The van der Waals surface area contributed by atoms with Crippen LogP contribution in [-0.2, 0) is 14.3 Å². The zero-order chi connectivity index (χ0) is 23.8. The molecule has 2 aromatic rings. The van der Waals surface area contributed by atoms with Crippen LogP contribution in [0.25, 0.3) is 11.1 Å². The number of carbonyl (C=O) groups excluding carboxylic acids is 2. The molecule has 2 amide bonds. The quantitative estimate of drug-likeness (QED) is 0.620. The van der Waals surface area contributed by atoms with Gasteiger partial charge in [0.15, 0.2) is 5.60 Å². The third-order valence-corrected chi connectivity index (χ3v) is 6.51. The van der Waals surface area contributed by atoms with E-state index in [9.17, 15) is 24.6 Å². The van der Waals surface area contributed by atoms with E-state index in [2.05, 4.69) is 17.4 Å². The summed E-state index contributed by atoms with van der Waals surface area (Å²) in [5.74, 6) is -2.14. The van der Waals surface area contributed by atoms with Gasteiger partial charge in [-0.25, -0.2) is 9.59 Å². The minimum absolute atomic E-state index is 0.0518. The molecule has 2 aromatic carbocycles. The number of carboxylic acids is 1. The molecule has 0 spiro atoms. The minimum Gasteiger partial charge on any atom is -0.479 e.